The van der Waals surface area contributed by atoms with E-state index in [-0.39, 0.29) is 0 Å². The van der Waals surface area contributed by atoms with E-state index in [0.29, 0.717) is 0 Å². The minimum absolute atomic E-state index is 1.02. The number of nitrogens with one attached hydrogen (secondary N) is 2. The molecule has 0 aliphatic rings. The molecular weight excluding hydrogens is 112 g/mol. The molecule has 9 heavy (non-hydrogen) atoms. The Bertz CT molecular complexity index is 200. The molecule has 2 N–H and O–H groups in total. The SMILES string of the molecule is C=CNc1[nH]ccc1C. The van der Waals surface area contributed by atoms with Gasteiger partial charge in [0.15, 0.2) is 0 Å². The lowest BCUT2D eigenvalue weighted by molar-refractivity contribution is 1.35. The Morgan fingerprint density at radius 2 is 2.56 bits per heavy atom. The number of aryl methyl sites for hydroxylation is 1. The van der Waals surface area contributed by atoms with Crippen molar-refractivity contribution < 1.29 is 0 Å². The maximum absolute atomic E-state index is 3.55. The van der Waals surface area contributed by atoms with Crippen molar-refractivity contribution in [2.24, 2.45) is 0 Å². The third kappa shape index (κ3) is 1.13. The summed E-state index contributed by atoms with van der Waals surface area (Å²) in [6.07, 6.45) is 3.54. The molecule has 0 fully saturated rings. The highest BCUT2D eigenvalue weighted by Crippen LogP contribution is 2.09. The molecule has 0 amide bonds. The van der Waals surface area contributed by atoms with Crippen LogP contribution in [0.1, 0.15) is 5.56 Å². The number of hydrogen-bond donors (Lipinski definition) is 2. The molecule has 0 unspecified atom stereocenters. The fourth-order valence-electron chi connectivity index (χ4n) is 0.705. The average molecular weight is 122 g/mol. The smallest absolute Gasteiger partial charge is 0.110 e. The van der Waals surface area contributed by atoms with Crippen molar-refractivity contribution >= 4 is 5.82 Å². The molecule has 0 bridgehead atoms. The zero-order valence-corrected chi connectivity index (χ0v) is 5.44. The first-order chi connectivity index (χ1) is 4.34. The Labute approximate surface area is 54.6 Å². The monoisotopic (exact) mass is 122 g/mol. The maximum atomic E-state index is 3.55. The van der Waals surface area contributed by atoms with Crippen molar-refractivity contribution in [1.82, 2.24) is 4.98 Å². The molecule has 1 heterocycles. The summed E-state index contributed by atoms with van der Waals surface area (Å²) in [7, 11) is 0. The highest BCUT2D eigenvalue weighted by atomic mass is 15.0. The topological polar surface area (TPSA) is 27.8 Å². The fraction of sp³-hybridized carbons (Fsp3) is 0.143. The maximum Gasteiger partial charge on any atom is 0.110 e. The molecule has 2 heteroatoms. The lowest BCUT2D eigenvalue weighted by Gasteiger charge is -1.95. The van der Waals surface area contributed by atoms with Gasteiger partial charge in [-0.1, -0.05) is 6.58 Å². The Kier molecular flexibility index (Phi) is 1.58. The second-order valence-electron chi connectivity index (χ2n) is 1.88. The average Bonchev–Trinajstić information content (AvgIpc) is 2.18. The largest absolute Gasteiger partial charge is 0.349 e. The van der Waals surface area contributed by atoms with Crippen LogP contribution in [-0.4, -0.2) is 4.98 Å². The minimum Gasteiger partial charge on any atom is -0.349 e. The van der Waals surface area contributed by atoms with Crippen LogP contribution >= 0.6 is 0 Å². The standard InChI is InChI=1S/C7H10N2/c1-3-8-7-6(2)4-5-9-7/h3-5,8-9H,1H2,2H3. The van der Waals surface area contributed by atoms with Crippen molar-refractivity contribution in [3.63, 3.8) is 0 Å². The lowest BCUT2D eigenvalue weighted by atomic mass is 10.4. The van der Waals surface area contributed by atoms with Crippen LogP contribution in [0.15, 0.2) is 25.0 Å². The molecule has 1 rings (SSSR count). The zero-order chi connectivity index (χ0) is 6.69. The molecule has 2 nitrogen and oxygen atoms in total. The van der Waals surface area contributed by atoms with Crippen LogP contribution in [0.2, 0.25) is 0 Å². The molecule has 0 aliphatic heterocycles. The quantitative estimate of drug-likeness (QED) is 0.615. The van der Waals surface area contributed by atoms with Gasteiger partial charge in [0.1, 0.15) is 5.82 Å². The first-order valence-electron chi connectivity index (χ1n) is 2.86. The first kappa shape index (κ1) is 5.95. The van der Waals surface area contributed by atoms with E-state index in [1.54, 1.807) is 6.20 Å². The predicted octanol–water partition coefficient (Wildman–Crippen LogP) is 1.88. The summed E-state index contributed by atoms with van der Waals surface area (Å²) in [6.45, 7) is 5.58. The number of hydrogen-bond acceptors (Lipinski definition) is 1. The summed E-state index contributed by atoms with van der Waals surface area (Å²) in [5, 5.41) is 2.96. The molecule has 1 aromatic rings. The number of aromatic nitrogens is 1. The van der Waals surface area contributed by atoms with Gasteiger partial charge in [0.05, 0.1) is 0 Å². The summed E-state index contributed by atoms with van der Waals surface area (Å²) < 4.78 is 0. The molecule has 0 saturated carbocycles. The van der Waals surface area contributed by atoms with Gasteiger partial charge in [-0.15, -0.1) is 0 Å². The first-order valence-corrected chi connectivity index (χ1v) is 2.86. The van der Waals surface area contributed by atoms with E-state index in [1.807, 2.05) is 19.2 Å². The summed E-state index contributed by atoms with van der Waals surface area (Å²) in [5.74, 6) is 1.02. The normalized spacial score (nSPS) is 9.00. The van der Waals surface area contributed by atoms with Gasteiger partial charge in [-0.3, -0.25) is 0 Å². The zero-order valence-electron chi connectivity index (χ0n) is 5.44. The molecule has 0 atom stereocenters. The van der Waals surface area contributed by atoms with E-state index in [9.17, 15) is 0 Å². The van der Waals surface area contributed by atoms with Crippen molar-refractivity contribution in [3.8, 4) is 0 Å². The van der Waals surface area contributed by atoms with Crippen LogP contribution in [0, 0.1) is 6.92 Å². The summed E-state index contributed by atoms with van der Waals surface area (Å²) in [6, 6.07) is 2.01. The van der Waals surface area contributed by atoms with Gasteiger partial charge in [0.25, 0.3) is 0 Å². The Morgan fingerprint density at radius 3 is 3.00 bits per heavy atom. The second kappa shape index (κ2) is 2.40. The van der Waals surface area contributed by atoms with Crippen LogP contribution in [0.25, 0.3) is 0 Å². The van der Waals surface area contributed by atoms with Crippen molar-refractivity contribution in [2.45, 2.75) is 6.92 Å². The highest BCUT2D eigenvalue weighted by molar-refractivity contribution is 5.45. The van der Waals surface area contributed by atoms with E-state index in [0.717, 1.165) is 5.82 Å². The number of aromatic amines is 1. The van der Waals surface area contributed by atoms with Crippen molar-refractivity contribution in [2.75, 3.05) is 5.32 Å². The van der Waals surface area contributed by atoms with Gasteiger partial charge in [0, 0.05) is 6.20 Å². The number of anilines is 1. The number of rotatable bonds is 2. The van der Waals surface area contributed by atoms with Gasteiger partial charge in [0.2, 0.25) is 0 Å². The van der Waals surface area contributed by atoms with Gasteiger partial charge < -0.3 is 10.3 Å². The molecule has 0 radical (unpaired) electrons. The van der Waals surface area contributed by atoms with Crippen LogP contribution in [-0.2, 0) is 0 Å². The molecule has 48 valence electrons. The summed E-state index contributed by atoms with van der Waals surface area (Å²) in [5.41, 5.74) is 1.20. The Balaban J connectivity index is 2.80. The van der Waals surface area contributed by atoms with Gasteiger partial charge in [-0.25, -0.2) is 0 Å². The Morgan fingerprint density at radius 1 is 1.78 bits per heavy atom. The predicted molar refractivity (Wildman–Crippen MR) is 39.3 cm³/mol. The van der Waals surface area contributed by atoms with E-state index < -0.39 is 0 Å². The van der Waals surface area contributed by atoms with E-state index in [2.05, 4.69) is 16.9 Å². The lowest BCUT2D eigenvalue weighted by Crippen LogP contribution is -1.86. The molecule has 0 spiro atoms. The highest BCUT2D eigenvalue weighted by Gasteiger charge is 1.91. The van der Waals surface area contributed by atoms with Gasteiger partial charge in [-0.2, -0.15) is 0 Å². The van der Waals surface area contributed by atoms with Gasteiger partial charge >= 0.3 is 0 Å². The Hall–Kier alpha value is -1.18. The minimum atomic E-state index is 1.02. The van der Waals surface area contributed by atoms with E-state index in [1.165, 1.54) is 5.56 Å². The van der Waals surface area contributed by atoms with E-state index >= 15 is 0 Å². The molecule has 0 aliphatic carbocycles. The summed E-state index contributed by atoms with van der Waals surface area (Å²) >= 11 is 0. The molecular formula is C7H10N2. The fourth-order valence-corrected chi connectivity index (χ4v) is 0.705. The van der Waals surface area contributed by atoms with Gasteiger partial charge in [-0.05, 0) is 24.8 Å². The number of H-pyrrole nitrogens is 1. The third-order valence-electron chi connectivity index (χ3n) is 1.20. The van der Waals surface area contributed by atoms with Crippen molar-refractivity contribution in [1.29, 1.82) is 0 Å². The molecule has 0 aromatic carbocycles. The molecule has 0 saturated heterocycles. The van der Waals surface area contributed by atoms with Crippen LogP contribution < -0.4 is 5.32 Å². The van der Waals surface area contributed by atoms with Crippen LogP contribution in [0.4, 0.5) is 5.82 Å². The molecule has 1 aromatic heterocycles. The second-order valence-corrected chi connectivity index (χ2v) is 1.88. The van der Waals surface area contributed by atoms with E-state index in [4.69, 9.17) is 0 Å². The van der Waals surface area contributed by atoms with Crippen LogP contribution in [0.3, 0.4) is 0 Å². The third-order valence-corrected chi connectivity index (χ3v) is 1.20. The van der Waals surface area contributed by atoms with Crippen molar-refractivity contribution in [3.05, 3.63) is 30.6 Å². The summed E-state index contributed by atoms with van der Waals surface area (Å²) in [4.78, 5) is 3.02. The van der Waals surface area contributed by atoms with Crippen LogP contribution in [0.5, 0.6) is 0 Å².